The van der Waals surface area contributed by atoms with E-state index in [1.807, 2.05) is 0 Å². The number of carbonyl (C=O) groups is 8. The molecule has 9 fully saturated rings. The zero-order valence-electron chi connectivity index (χ0n) is 80.2. The largest absolute Gasteiger partial charge is 0.462 e. The number of hydrogen-bond acceptors (Lipinski definition) is 32. The van der Waals surface area contributed by atoms with Gasteiger partial charge in [-0.25, -0.2) is 73.5 Å². The number of halogens is 8. The Morgan fingerprint density at radius 2 is 0.458 bits per heavy atom. The molecule has 768 valence electrons. The Labute approximate surface area is 827 Å². The molecule has 15 N–H and O–H groups in total. The van der Waals surface area contributed by atoms with Crippen molar-refractivity contribution < 1.29 is 111 Å². The van der Waals surface area contributed by atoms with Crippen LogP contribution in [0.1, 0.15) is 145 Å². The molecule has 31 unspecified atom stereocenters. The Kier molecular flexibility index (Phi) is 32.1. The fraction of sp³-hybridized carbons (Fsp3) is 0.462. The predicted octanol–water partition coefficient (Wildman–Crippen LogP) is 13.0. The van der Waals surface area contributed by atoms with Crippen LogP contribution in [0, 0.1) is 47.3 Å². The standard InChI is InChI=1S/C104H120F8N16O16/c1-9-137-97(129)50-25-17-33-58(41-50)113-67-49-66-68(84(115-60-35-19-27-52(43-60)99(131)139-11-3)83(67)114-59-34-18-26-51(42-59)98(130)138-10-2)90-120-89(66)121-91-69-70(76(106)80(110)79(109)75(69)105)92(122-91)123-93-71-72(78(108)82(112)81(111)77(71)107)94(124-93)126-96-74-73(95(125-90)128(96)127-65-40-24-32-57(48-65)104(136)144-16-8)85(116-61-36-20-28-53(44-61)100(132)140-12-4)87(118-63-38-22-30-55(46-63)102(134)142-14-6)88(119-64-39-23-31-56(47-64)103(135)143-15-7)86(74)117-62-37-21-29-54(45-62)101(133)141-13-5/h17-48,66-96,113-127H,9-16,49H2,1-8H3. The number of carbonyl (C=O) groups excluding carboxylic acids is 8. The van der Waals surface area contributed by atoms with Gasteiger partial charge < -0.3 is 80.5 Å². The number of fused-ring (bicyclic) bond motifs is 20. The van der Waals surface area contributed by atoms with Crippen molar-refractivity contribution in [2.75, 3.05) is 95.5 Å². The first-order chi connectivity index (χ1) is 69.6. The highest BCUT2D eigenvalue weighted by molar-refractivity contribution is 5.95. The molecule has 5 aliphatic heterocycles. The van der Waals surface area contributed by atoms with Crippen LogP contribution in [0.5, 0.6) is 0 Å². The molecule has 8 aromatic rings. The van der Waals surface area contributed by atoms with E-state index in [0.717, 1.165) is 0 Å². The maximum Gasteiger partial charge on any atom is 0.338 e. The fourth-order valence-electron chi connectivity index (χ4n) is 22.8. The molecule has 9 aliphatic rings. The summed E-state index contributed by atoms with van der Waals surface area (Å²) in [7, 11) is 0. The number of benzene rings is 8. The number of nitrogens with zero attached hydrogens (tertiary/aromatic N) is 1. The second kappa shape index (κ2) is 45.1. The van der Waals surface area contributed by atoms with Crippen molar-refractivity contribution in [1.82, 2.24) is 42.2 Å². The average molecular weight is 2000 g/mol. The van der Waals surface area contributed by atoms with Gasteiger partial charge in [0.1, 0.15) is 24.7 Å². The first-order valence-electron chi connectivity index (χ1n) is 49.2. The molecule has 32 nitrogen and oxygen atoms in total. The van der Waals surface area contributed by atoms with Gasteiger partial charge in [-0.3, -0.25) is 37.2 Å². The monoisotopic (exact) mass is 2000 g/mol. The minimum atomic E-state index is -3.17. The van der Waals surface area contributed by atoms with E-state index in [0.29, 0.717) is 17.1 Å². The summed E-state index contributed by atoms with van der Waals surface area (Å²) in [6.45, 7) is 12.9. The molecule has 0 radical (unpaired) electrons. The van der Waals surface area contributed by atoms with Crippen molar-refractivity contribution in [1.29, 1.82) is 0 Å². The maximum atomic E-state index is 18.7. The van der Waals surface area contributed by atoms with E-state index in [1.54, 1.807) is 236 Å². The summed E-state index contributed by atoms with van der Waals surface area (Å²) in [6.07, 6.45) is -36.9. The molecule has 17 rings (SSSR count). The molecule has 31 atom stereocenters. The summed E-state index contributed by atoms with van der Waals surface area (Å²) < 4.78 is 187. The lowest BCUT2D eigenvalue weighted by atomic mass is 9.66. The van der Waals surface area contributed by atoms with Crippen molar-refractivity contribution in [2.45, 2.75) is 203 Å². The second-order valence-corrected chi connectivity index (χ2v) is 37.1. The SMILES string of the molecule is CCOC(=O)c1cccc(NC2CC3C4NC(NC5C6C(Nc7cccc(C(=O)OCC)c7)C(Nc7cccc(C(=O)OCC)c7)C(Nc7cccc(C(=O)OCC)c7)C(Nc7cccc(C(=O)OCC)c7)C6C(NC6NC(NC7NC(N4)C4C(F)C(F)C(F)C(F)C74)C4C(F)C(F)C(F)C(F)C64)N5Nc4cccc(C(=O)OCC)c4)C3C(Nc3cccc(C(=O)OCC)c3)C2Nc2cccc(C(=O)OCC)c2)c1. The van der Waals surface area contributed by atoms with Gasteiger partial charge in [-0.15, -0.1) is 0 Å². The van der Waals surface area contributed by atoms with E-state index in [4.69, 9.17) is 37.9 Å². The molecule has 5 heterocycles. The number of nitrogens with one attached hydrogen (secondary N) is 15. The molecule has 0 aromatic heterocycles. The van der Waals surface area contributed by atoms with Gasteiger partial charge in [0, 0.05) is 93.0 Å². The quantitative estimate of drug-likeness (QED) is 0.0106. The number of hydrazine groups is 1. The maximum absolute atomic E-state index is 18.7. The summed E-state index contributed by atoms with van der Waals surface area (Å²) in [5.74, 6) is -18.2. The lowest BCUT2D eigenvalue weighted by molar-refractivity contribution is -0.0875. The van der Waals surface area contributed by atoms with E-state index in [-0.39, 0.29) is 132 Å². The van der Waals surface area contributed by atoms with Crippen molar-refractivity contribution >= 4 is 93.3 Å². The number of ether oxygens (including phenoxy) is 8. The number of esters is 8. The highest BCUT2D eigenvalue weighted by atomic mass is 19.2. The summed E-state index contributed by atoms with van der Waals surface area (Å²) >= 11 is 0. The zero-order valence-corrected chi connectivity index (χ0v) is 80.2. The third kappa shape index (κ3) is 21.3. The first kappa shape index (κ1) is 102. The molecular formula is C104H120F8N16O16. The Morgan fingerprint density at radius 1 is 0.250 bits per heavy atom. The van der Waals surface area contributed by atoms with Crippen LogP contribution < -0.4 is 79.9 Å². The first-order valence-corrected chi connectivity index (χ1v) is 49.2. The Balaban J connectivity index is 0.981. The molecule has 8 aromatic carbocycles. The molecule has 4 saturated carbocycles. The van der Waals surface area contributed by atoms with Gasteiger partial charge >= 0.3 is 47.8 Å². The van der Waals surface area contributed by atoms with Gasteiger partial charge in [0.2, 0.25) is 0 Å². The smallest absolute Gasteiger partial charge is 0.338 e. The minimum absolute atomic E-state index is 0.00411. The molecule has 40 heteroatoms. The number of anilines is 8. The van der Waals surface area contributed by atoms with Gasteiger partial charge in [-0.05, 0) is 213 Å². The zero-order chi connectivity index (χ0) is 102. The van der Waals surface area contributed by atoms with E-state index < -0.39 is 236 Å². The highest BCUT2D eigenvalue weighted by Gasteiger charge is 2.70. The second-order valence-electron chi connectivity index (χ2n) is 37.1. The highest BCUT2D eigenvalue weighted by Crippen LogP contribution is 2.54. The van der Waals surface area contributed by atoms with Crippen molar-refractivity contribution in [3.05, 3.63) is 239 Å². The van der Waals surface area contributed by atoms with Crippen LogP contribution >= 0.6 is 0 Å². The van der Waals surface area contributed by atoms with E-state index >= 15 is 35.1 Å². The summed E-state index contributed by atoms with van der Waals surface area (Å²) in [4.78, 5) is 114. The lowest BCUT2D eigenvalue weighted by Crippen LogP contribution is -2.71. The van der Waals surface area contributed by atoms with Crippen LogP contribution in [0.25, 0.3) is 0 Å². The van der Waals surface area contributed by atoms with Crippen LogP contribution in [0.2, 0.25) is 0 Å². The average Bonchev–Trinajstić information content (AvgIpc) is 1.54. The van der Waals surface area contributed by atoms with Crippen molar-refractivity contribution in [3.8, 4) is 0 Å². The van der Waals surface area contributed by atoms with Gasteiger partial charge in [-0.1, -0.05) is 48.5 Å². The predicted molar refractivity (Wildman–Crippen MR) is 520 cm³/mol. The van der Waals surface area contributed by atoms with Crippen LogP contribution in [0.15, 0.2) is 194 Å². The van der Waals surface area contributed by atoms with E-state index in [2.05, 4.69) is 79.9 Å². The number of rotatable bonds is 32. The summed E-state index contributed by atoms with van der Waals surface area (Å²) in [5, 5.41) is 53.8. The van der Waals surface area contributed by atoms with Gasteiger partial charge in [0.05, 0.1) is 183 Å². The Bertz CT molecular complexity index is 5940. The minimum Gasteiger partial charge on any atom is -0.462 e. The molecule has 4 aliphatic carbocycles. The normalized spacial score (nSPS) is 31.7. The lowest BCUT2D eigenvalue weighted by Gasteiger charge is -2.53. The van der Waals surface area contributed by atoms with Gasteiger partial charge in [0.25, 0.3) is 0 Å². The molecule has 144 heavy (non-hydrogen) atoms. The van der Waals surface area contributed by atoms with Crippen LogP contribution in [-0.4, -0.2) is 247 Å². The number of alkyl halides is 8. The Hall–Kier alpha value is -13.0. The van der Waals surface area contributed by atoms with Crippen molar-refractivity contribution in [2.24, 2.45) is 47.3 Å². The molecular weight excluding hydrogens is 1880 g/mol. The van der Waals surface area contributed by atoms with Crippen molar-refractivity contribution in [3.63, 3.8) is 0 Å². The fourth-order valence-corrected chi connectivity index (χ4v) is 22.8. The molecule has 0 amide bonds. The molecule has 5 saturated heterocycles. The summed E-state index contributed by atoms with van der Waals surface area (Å²) in [5.41, 5.74) is 6.58. The topological polar surface area (TPSA) is 394 Å². The van der Waals surface area contributed by atoms with Gasteiger partial charge in [0.15, 0.2) is 24.7 Å². The van der Waals surface area contributed by atoms with Crippen LogP contribution in [-0.2, 0) is 37.9 Å². The molecule has 0 spiro atoms. The van der Waals surface area contributed by atoms with Crippen LogP contribution in [0.4, 0.5) is 80.6 Å². The van der Waals surface area contributed by atoms with E-state index in [9.17, 15) is 38.4 Å². The van der Waals surface area contributed by atoms with Gasteiger partial charge in [-0.2, -0.15) is 5.01 Å². The Morgan fingerprint density at radius 3 is 0.722 bits per heavy atom. The third-order valence-corrected chi connectivity index (χ3v) is 28.7. The number of hydrogen-bond donors (Lipinski definition) is 15. The van der Waals surface area contributed by atoms with E-state index in [1.165, 1.54) is 18.2 Å². The molecule has 8 bridgehead atoms. The third-order valence-electron chi connectivity index (χ3n) is 28.7. The summed E-state index contributed by atoms with van der Waals surface area (Å²) in [6, 6.07) is 43.2. The van der Waals surface area contributed by atoms with Crippen LogP contribution in [0.3, 0.4) is 0 Å².